The molecule has 1 aromatic heterocycles. The second-order valence-electron chi connectivity index (χ2n) is 7.54. The summed E-state index contributed by atoms with van der Waals surface area (Å²) < 4.78 is 7.64. The maximum Gasteiger partial charge on any atom is 0.272 e. The molecule has 4 rings (SSSR count). The van der Waals surface area contributed by atoms with Gasteiger partial charge in [-0.25, -0.2) is 0 Å². The van der Waals surface area contributed by atoms with Crippen molar-refractivity contribution in [3.8, 4) is 0 Å². The monoisotopic (exact) mass is 332 g/mol. The van der Waals surface area contributed by atoms with E-state index in [1.807, 2.05) is 18.9 Å². The fourth-order valence-electron chi connectivity index (χ4n) is 4.23. The van der Waals surface area contributed by atoms with Crippen LogP contribution in [0.4, 0.5) is 0 Å². The summed E-state index contributed by atoms with van der Waals surface area (Å²) in [6.45, 7) is 7.90. The molecule has 24 heavy (non-hydrogen) atoms. The van der Waals surface area contributed by atoms with Gasteiger partial charge in [-0.3, -0.25) is 14.4 Å². The minimum Gasteiger partial charge on any atom is -0.369 e. The molecule has 1 aliphatic carbocycles. The first kappa shape index (κ1) is 16.1. The third-order valence-electron chi connectivity index (χ3n) is 5.57. The van der Waals surface area contributed by atoms with E-state index in [1.165, 1.54) is 12.8 Å². The lowest BCUT2D eigenvalue weighted by atomic mass is 9.99. The Morgan fingerprint density at radius 2 is 1.96 bits per heavy atom. The van der Waals surface area contributed by atoms with Crippen molar-refractivity contribution < 1.29 is 9.53 Å². The molecular formula is C18H28N4O2. The molecule has 3 aliphatic rings. The van der Waals surface area contributed by atoms with E-state index in [4.69, 9.17) is 4.74 Å². The first-order chi connectivity index (χ1) is 11.5. The van der Waals surface area contributed by atoms with Crippen molar-refractivity contribution in [1.29, 1.82) is 0 Å². The summed E-state index contributed by atoms with van der Waals surface area (Å²) in [6.07, 6.45) is 4.61. The standard InChI is InChI=1S/C18H28N4O2/c1-12-11-15-16(13(2)24-12)19-20(3)17(15)18(23)22-8-4-7-21(9-10-22)14-5-6-14/h12-14H,4-11H2,1-3H3/t12-,13+/m1/s1. The first-order valence-corrected chi connectivity index (χ1v) is 9.29. The molecule has 0 radical (unpaired) electrons. The fraction of sp³-hybridized carbons (Fsp3) is 0.778. The van der Waals surface area contributed by atoms with Crippen LogP contribution in [0.5, 0.6) is 0 Å². The summed E-state index contributed by atoms with van der Waals surface area (Å²) in [5.74, 6) is 0.144. The highest BCUT2D eigenvalue weighted by Gasteiger charge is 2.35. The first-order valence-electron chi connectivity index (χ1n) is 9.29. The van der Waals surface area contributed by atoms with Gasteiger partial charge in [0.25, 0.3) is 5.91 Å². The van der Waals surface area contributed by atoms with Gasteiger partial charge in [0.2, 0.25) is 0 Å². The number of rotatable bonds is 2. The Hall–Kier alpha value is -1.40. The van der Waals surface area contributed by atoms with Crippen molar-refractivity contribution in [2.24, 2.45) is 7.05 Å². The Labute approximate surface area is 143 Å². The average Bonchev–Trinajstić information content (AvgIpc) is 3.32. The van der Waals surface area contributed by atoms with Crippen LogP contribution in [0.15, 0.2) is 0 Å². The van der Waals surface area contributed by atoms with Gasteiger partial charge in [0, 0.05) is 51.3 Å². The van der Waals surface area contributed by atoms with Crippen LogP contribution in [0.2, 0.25) is 0 Å². The maximum absolute atomic E-state index is 13.2. The van der Waals surface area contributed by atoms with Crippen molar-refractivity contribution in [3.63, 3.8) is 0 Å². The zero-order valence-corrected chi connectivity index (χ0v) is 15.0. The number of carbonyl (C=O) groups excluding carboxylic acids is 1. The summed E-state index contributed by atoms with van der Waals surface area (Å²) in [7, 11) is 1.89. The number of hydrogen-bond donors (Lipinski definition) is 0. The van der Waals surface area contributed by atoms with Crippen LogP contribution < -0.4 is 0 Å². The highest BCUT2D eigenvalue weighted by atomic mass is 16.5. The molecule has 2 atom stereocenters. The van der Waals surface area contributed by atoms with Gasteiger partial charge in [0.1, 0.15) is 5.69 Å². The number of carbonyl (C=O) groups is 1. The Kier molecular flexibility index (Phi) is 4.12. The highest BCUT2D eigenvalue weighted by Crippen LogP contribution is 2.32. The smallest absolute Gasteiger partial charge is 0.272 e. The molecule has 0 N–H and O–H groups in total. The third-order valence-corrected chi connectivity index (χ3v) is 5.57. The zero-order chi connectivity index (χ0) is 16.8. The van der Waals surface area contributed by atoms with Gasteiger partial charge in [-0.1, -0.05) is 0 Å². The van der Waals surface area contributed by atoms with Crippen molar-refractivity contribution in [2.75, 3.05) is 26.2 Å². The lowest BCUT2D eigenvalue weighted by Crippen LogP contribution is -2.37. The van der Waals surface area contributed by atoms with Crippen LogP contribution in [0.1, 0.15) is 61.0 Å². The summed E-state index contributed by atoms with van der Waals surface area (Å²) in [5, 5.41) is 4.59. The van der Waals surface area contributed by atoms with Crippen LogP contribution in [0.3, 0.4) is 0 Å². The third kappa shape index (κ3) is 2.86. The molecule has 3 heterocycles. The van der Waals surface area contributed by atoms with Gasteiger partial charge in [-0.05, 0) is 33.1 Å². The van der Waals surface area contributed by atoms with Crippen LogP contribution >= 0.6 is 0 Å². The van der Waals surface area contributed by atoms with Gasteiger partial charge >= 0.3 is 0 Å². The van der Waals surface area contributed by atoms with Crippen molar-refractivity contribution in [3.05, 3.63) is 17.0 Å². The van der Waals surface area contributed by atoms with Gasteiger partial charge in [0.15, 0.2) is 0 Å². The minimum absolute atomic E-state index is 0.0361. The van der Waals surface area contributed by atoms with Crippen LogP contribution in [0.25, 0.3) is 0 Å². The second-order valence-corrected chi connectivity index (χ2v) is 7.54. The van der Waals surface area contributed by atoms with Crippen molar-refractivity contribution in [1.82, 2.24) is 19.6 Å². The zero-order valence-electron chi connectivity index (χ0n) is 15.0. The van der Waals surface area contributed by atoms with E-state index in [1.54, 1.807) is 4.68 Å². The lowest BCUT2D eigenvalue weighted by Gasteiger charge is -2.26. The predicted molar refractivity (Wildman–Crippen MR) is 91.0 cm³/mol. The van der Waals surface area contributed by atoms with Gasteiger partial charge in [-0.15, -0.1) is 0 Å². The Morgan fingerprint density at radius 3 is 2.71 bits per heavy atom. The van der Waals surface area contributed by atoms with Gasteiger partial charge in [0.05, 0.1) is 17.9 Å². The minimum atomic E-state index is -0.0361. The van der Waals surface area contributed by atoms with Crippen LogP contribution in [-0.2, 0) is 18.2 Å². The molecule has 6 heteroatoms. The highest BCUT2D eigenvalue weighted by molar-refractivity contribution is 5.94. The van der Waals surface area contributed by atoms with E-state index < -0.39 is 0 Å². The molecule has 0 spiro atoms. The number of amides is 1. The van der Waals surface area contributed by atoms with E-state index in [0.29, 0.717) is 0 Å². The molecule has 2 fully saturated rings. The summed E-state index contributed by atoms with van der Waals surface area (Å²) in [6, 6.07) is 0.781. The topological polar surface area (TPSA) is 50.6 Å². The molecule has 6 nitrogen and oxygen atoms in total. The number of nitrogens with zero attached hydrogens (tertiary/aromatic N) is 4. The number of aryl methyl sites for hydroxylation is 1. The molecule has 2 aliphatic heterocycles. The number of aromatic nitrogens is 2. The number of hydrogen-bond acceptors (Lipinski definition) is 4. The molecular weight excluding hydrogens is 304 g/mol. The van der Waals surface area contributed by atoms with E-state index in [-0.39, 0.29) is 18.1 Å². The molecule has 1 amide bonds. The van der Waals surface area contributed by atoms with Crippen LogP contribution in [0, 0.1) is 0 Å². The average molecular weight is 332 g/mol. The van der Waals surface area contributed by atoms with E-state index in [0.717, 1.165) is 62.0 Å². The molecule has 1 aromatic rings. The quantitative estimate of drug-likeness (QED) is 0.828. The fourth-order valence-corrected chi connectivity index (χ4v) is 4.23. The summed E-state index contributed by atoms with van der Waals surface area (Å²) in [5.41, 5.74) is 2.80. The number of fused-ring (bicyclic) bond motifs is 1. The van der Waals surface area contributed by atoms with Crippen LogP contribution in [-0.4, -0.2) is 63.8 Å². The van der Waals surface area contributed by atoms with Gasteiger partial charge < -0.3 is 9.64 Å². The van der Waals surface area contributed by atoms with E-state index in [2.05, 4.69) is 16.9 Å². The molecule has 0 bridgehead atoms. The Morgan fingerprint density at radius 1 is 1.17 bits per heavy atom. The predicted octanol–water partition coefficient (Wildman–Crippen LogP) is 1.75. The van der Waals surface area contributed by atoms with E-state index in [9.17, 15) is 4.79 Å². The molecule has 0 aromatic carbocycles. The second kappa shape index (κ2) is 6.15. The van der Waals surface area contributed by atoms with Crippen molar-refractivity contribution in [2.45, 2.75) is 57.8 Å². The molecule has 1 saturated carbocycles. The van der Waals surface area contributed by atoms with Crippen molar-refractivity contribution >= 4 is 5.91 Å². The normalized spacial score (nSPS) is 28.5. The van der Waals surface area contributed by atoms with E-state index >= 15 is 0 Å². The summed E-state index contributed by atoms with van der Waals surface area (Å²) >= 11 is 0. The van der Waals surface area contributed by atoms with Gasteiger partial charge in [-0.2, -0.15) is 5.10 Å². The number of ether oxygens (including phenoxy) is 1. The summed E-state index contributed by atoms with van der Waals surface area (Å²) in [4.78, 5) is 17.8. The lowest BCUT2D eigenvalue weighted by molar-refractivity contribution is -0.00714. The largest absolute Gasteiger partial charge is 0.369 e. The Bertz CT molecular complexity index is 637. The molecule has 1 saturated heterocycles. The SMILES string of the molecule is C[C@@H]1Cc2c(nn(C)c2C(=O)N2CCCN(C3CC3)CC2)[C@H](C)O1. The molecule has 132 valence electrons. The molecule has 0 unspecified atom stereocenters. The maximum atomic E-state index is 13.2. The Balaban J connectivity index is 1.56.